The number of nitrogens with zero attached hydrogens (tertiary/aromatic N) is 1. The van der Waals surface area contributed by atoms with Gasteiger partial charge in [-0.3, -0.25) is 19.7 Å². The highest BCUT2D eigenvalue weighted by molar-refractivity contribution is 8.15. The number of halogens is 1. The van der Waals surface area contributed by atoms with Crippen LogP contribution in [0.2, 0.25) is 0 Å². The second kappa shape index (κ2) is 8.91. The van der Waals surface area contributed by atoms with Crippen molar-refractivity contribution >= 4 is 28.8 Å². The van der Waals surface area contributed by atoms with Crippen LogP contribution in [0.4, 0.5) is 9.18 Å². The molecule has 3 amide bonds. The van der Waals surface area contributed by atoms with Crippen LogP contribution in [0, 0.1) is 5.82 Å². The van der Waals surface area contributed by atoms with Gasteiger partial charge in [0.2, 0.25) is 17.7 Å². The summed E-state index contributed by atoms with van der Waals surface area (Å²) in [6.07, 6.45) is 0.135. The number of ether oxygens (including phenoxy) is 2. The lowest BCUT2D eigenvalue weighted by molar-refractivity contribution is -0.118. The van der Waals surface area contributed by atoms with Crippen LogP contribution in [-0.4, -0.2) is 41.5 Å². The molecule has 1 atom stereocenters. The third-order valence-electron chi connectivity index (χ3n) is 4.23. The van der Waals surface area contributed by atoms with Crippen LogP contribution in [0.5, 0.6) is 11.8 Å². The van der Waals surface area contributed by atoms with Crippen molar-refractivity contribution in [2.45, 2.75) is 18.2 Å². The van der Waals surface area contributed by atoms with Crippen molar-refractivity contribution in [3.8, 4) is 11.8 Å². The van der Waals surface area contributed by atoms with E-state index >= 15 is 0 Å². The average Bonchev–Trinajstić information content (AvgIpc) is 3.03. The van der Waals surface area contributed by atoms with Gasteiger partial charge < -0.3 is 14.8 Å². The average molecular weight is 419 g/mol. The minimum Gasteiger partial charge on any atom is -0.481 e. The summed E-state index contributed by atoms with van der Waals surface area (Å²) < 4.78 is 24.2. The molecule has 3 rings (SSSR count). The minimum absolute atomic E-state index is 0.0224. The molecular weight excluding hydrogens is 401 g/mol. The van der Waals surface area contributed by atoms with Gasteiger partial charge in [-0.25, -0.2) is 4.39 Å². The first-order valence-corrected chi connectivity index (χ1v) is 9.46. The molecule has 1 aliphatic heterocycles. The molecule has 1 unspecified atom stereocenters. The van der Waals surface area contributed by atoms with Crippen molar-refractivity contribution in [3.05, 3.63) is 52.8 Å². The Bertz CT molecular complexity index is 969. The lowest BCUT2D eigenvalue weighted by atomic mass is 10.1. The Morgan fingerprint density at radius 1 is 1.21 bits per heavy atom. The summed E-state index contributed by atoms with van der Waals surface area (Å²) in [6.45, 7) is -0.0224. The number of carbonyl (C=O) groups is 3. The molecule has 2 aromatic rings. The number of aromatic nitrogens is 1. The molecule has 1 saturated heterocycles. The maximum absolute atomic E-state index is 13.8. The van der Waals surface area contributed by atoms with E-state index in [1.54, 1.807) is 18.2 Å². The summed E-state index contributed by atoms with van der Waals surface area (Å²) >= 11 is 0.865. The summed E-state index contributed by atoms with van der Waals surface area (Å²) in [6, 6.07) is 7.60. The number of hydrogen-bond acceptors (Lipinski definition) is 7. The van der Waals surface area contributed by atoms with Crippen molar-refractivity contribution in [1.29, 1.82) is 0 Å². The molecule has 0 radical (unpaired) electrons. The van der Waals surface area contributed by atoms with E-state index in [4.69, 9.17) is 9.47 Å². The molecule has 1 aromatic carbocycles. The van der Waals surface area contributed by atoms with E-state index < -0.39 is 28.1 Å². The van der Waals surface area contributed by atoms with Crippen molar-refractivity contribution in [2.75, 3.05) is 14.2 Å². The lowest BCUT2D eigenvalue weighted by Crippen LogP contribution is -2.26. The Hall–Kier alpha value is -3.14. The monoisotopic (exact) mass is 419 g/mol. The number of carbonyl (C=O) groups excluding carboxylic acids is 3. The first-order chi connectivity index (χ1) is 13.9. The van der Waals surface area contributed by atoms with E-state index in [1.807, 2.05) is 0 Å². The molecule has 2 heterocycles. The lowest BCUT2D eigenvalue weighted by Gasteiger charge is -2.15. The van der Waals surface area contributed by atoms with Gasteiger partial charge in [0.25, 0.3) is 11.1 Å². The second-order valence-electron chi connectivity index (χ2n) is 6.08. The fourth-order valence-electron chi connectivity index (χ4n) is 2.80. The van der Waals surface area contributed by atoms with Gasteiger partial charge in [0, 0.05) is 17.7 Å². The van der Waals surface area contributed by atoms with E-state index in [0.717, 1.165) is 11.8 Å². The molecule has 0 aliphatic carbocycles. The number of rotatable bonds is 7. The quantitative estimate of drug-likeness (QED) is 0.707. The zero-order valence-electron chi connectivity index (χ0n) is 15.7. The summed E-state index contributed by atoms with van der Waals surface area (Å²) in [5.41, 5.74) is 0.903. The summed E-state index contributed by atoms with van der Waals surface area (Å²) in [5.74, 6) is -1.16. The number of imide groups is 1. The molecule has 0 saturated carbocycles. The highest BCUT2D eigenvalue weighted by Crippen LogP contribution is 2.30. The zero-order valence-corrected chi connectivity index (χ0v) is 16.5. The van der Waals surface area contributed by atoms with Gasteiger partial charge in [-0.15, -0.1) is 0 Å². The molecule has 0 bridgehead atoms. The van der Waals surface area contributed by atoms with Crippen molar-refractivity contribution in [1.82, 2.24) is 15.6 Å². The van der Waals surface area contributed by atoms with E-state index in [2.05, 4.69) is 15.6 Å². The van der Waals surface area contributed by atoms with E-state index in [1.165, 1.54) is 26.4 Å². The van der Waals surface area contributed by atoms with E-state index in [-0.39, 0.29) is 30.3 Å². The number of amides is 3. The Morgan fingerprint density at radius 3 is 2.55 bits per heavy atom. The fraction of sp³-hybridized carbons (Fsp3) is 0.263. The highest BCUT2D eigenvalue weighted by atomic mass is 32.2. The van der Waals surface area contributed by atoms with Crippen LogP contribution in [0.1, 0.15) is 21.5 Å². The summed E-state index contributed by atoms with van der Waals surface area (Å²) in [7, 11) is 2.75. The molecule has 1 aliphatic rings. The number of pyridine rings is 1. The first-order valence-electron chi connectivity index (χ1n) is 8.58. The molecule has 10 heteroatoms. The van der Waals surface area contributed by atoms with Crippen LogP contribution in [-0.2, 0) is 17.8 Å². The van der Waals surface area contributed by atoms with Crippen LogP contribution in [0.3, 0.4) is 0 Å². The van der Waals surface area contributed by atoms with Gasteiger partial charge in [0.05, 0.1) is 19.5 Å². The molecule has 29 heavy (non-hydrogen) atoms. The third kappa shape index (κ3) is 4.65. The van der Waals surface area contributed by atoms with Gasteiger partial charge in [-0.05, 0) is 18.6 Å². The van der Waals surface area contributed by atoms with E-state index in [9.17, 15) is 18.8 Å². The molecule has 2 N–H and O–H groups in total. The third-order valence-corrected chi connectivity index (χ3v) is 5.21. The molecule has 1 fully saturated rings. The Labute approximate surface area is 170 Å². The van der Waals surface area contributed by atoms with Crippen molar-refractivity contribution in [2.24, 2.45) is 0 Å². The number of thioether (sulfide) groups is 1. The van der Waals surface area contributed by atoms with Crippen LogP contribution in [0.15, 0.2) is 30.3 Å². The molecular formula is C19H18FN3O5S. The van der Waals surface area contributed by atoms with Crippen LogP contribution in [0.25, 0.3) is 0 Å². The fourth-order valence-corrected chi connectivity index (χ4v) is 3.65. The topological polar surface area (TPSA) is 107 Å². The van der Waals surface area contributed by atoms with Gasteiger partial charge in [-0.2, -0.15) is 4.98 Å². The largest absolute Gasteiger partial charge is 0.481 e. The Morgan fingerprint density at radius 2 is 1.93 bits per heavy atom. The predicted octanol–water partition coefficient (Wildman–Crippen LogP) is 2.06. The standard InChI is InChI=1S/C19H18FN3O5S/c1-27-17-11(8-14-16(25)22-19(26)29-14)7-12(18(23-17)28-2)15(24)21-9-10-5-3-4-6-13(10)20/h3-7,14H,8-9H2,1-2H3,(H,21,24)(H,22,25,26). The summed E-state index contributed by atoms with van der Waals surface area (Å²) in [4.78, 5) is 40.1. The van der Waals surface area contributed by atoms with Gasteiger partial charge in [-0.1, -0.05) is 30.0 Å². The van der Waals surface area contributed by atoms with E-state index in [0.29, 0.717) is 11.1 Å². The minimum atomic E-state index is -0.652. The van der Waals surface area contributed by atoms with Crippen LogP contribution >= 0.6 is 11.8 Å². The molecule has 8 nitrogen and oxygen atoms in total. The van der Waals surface area contributed by atoms with Gasteiger partial charge >= 0.3 is 0 Å². The SMILES string of the molecule is COc1nc(OC)c(C(=O)NCc2ccccc2F)cc1CC1SC(=O)NC1=O. The maximum atomic E-state index is 13.8. The molecule has 0 spiro atoms. The van der Waals surface area contributed by atoms with Gasteiger partial charge in [0.15, 0.2) is 0 Å². The van der Waals surface area contributed by atoms with Gasteiger partial charge in [0.1, 0.15) is 11.4 Å². The zero-order chi connectivity index (χ0) is 21.0. The smallest absolute Gasteiger partial charge is 0.286 e. The predicted molar refractivity (Wildman–Crippen MR) is 104 cm³/mol. The van der Waals surface area contributed by atoms with Crippen LogP contribution < -0.4 is 20.1 Å². The Kier molecular flexibility index (Phi) is 6.32. The van der Waals surface area contributed by atoms with Crippen molar-refractivity contribution < 1.29 is 28.2 Å². The number of benzene rings is 1. The number of nitrogens with one attached hydrogen (secondary N) is 2. The number of methoxy groups -OCH3 is 2. The number of hydrogen-bond donors (Lipinski definition) is 2. The second-order valence-corrected chi connectivity index (χ2v) is 7.25. The van der Waals surface area contributed by atoms with Crippen molar-refractivity contribution in [3.63, 3.8) is 0 Å². The molecule has 1 aromatic heterocycles. The Balaban J connectivity index is 1.84. The normalized spacial score (nSPS) is 15.8. The maximum Gasteiger partial charge on any atom is 0.286 e. The first kappa shape index (κ1) is 20.6. The highest BCUT2D eigenvalue weighted by Gasteiger charge is 2.33. The summed E-state index contributed by atoms with van der Waals surface area (Å²) in [5, 5.41) is 3.76. The molecule has 152 valence electrons.